The molecule has 0 amide bonds. The van der Waals surface area contributed by atoms with Crippen LogP contribution in [0.2, 0.25) is 0 Å². The largest absolute Gasteiger partial charge is 0.478 e. The van der Waals surface area contributed by atoms with Crippen LogP contribution in [0.4, 0.5) is 0 Å². The summed E-state index contributed by atoms with van der Waals surface area (Å²) in [6.45, 7) is 6.61. The summed E-state index contributed by atoms with van der Waals surface area (Å²) >= 11 is 0. The van der Waals surface area contributed by atoms with Gasteiger partial charge in [0.15, 0.2) is 0 Å². The van der Waals surface area contributed by atoms with E-state index < -0.39 is 5.97 Å². The summed E-state index contributed by atoms with van der Waals surface area (Å²) in [6.07, 6.45) is 1.01. The van der Waals surface area contributed by atoms with Crippen molar-refractivity contribution >= 4 is 5.97 Å². The van der Waals surface area contributed by atoms with E-state index in [1.165, 1.54) is 0 Å². The molecule has 0 saturated heterocycles. The summed E-state index contributed by atoms with van der Waals surface area (Å²) in [7, 11) is 0. The van der Waals surface area contributed by atoms with Gasteiger partial charge in [-0.3, -0.25) is 0 Å². The zero-order valence-corrected chi connectivity index (χ0v) is 6.18. The van der Waals surface area contributed by atoms with Crippen molar-refractivity contribution in [2.75, 3.05) is 13.1 Å². The molecule has 3 nitrogen and oxygen atoms in total. The number of carboxylic acid groups (broad SMARTS) is 1. The molecule has 0 spiro atoms. The van der Waals surface area contributed by atoms with E-state index in [0.29, 0.717) is 6.54 Å². The molecular weight excluding hydrogens is 130 g/mol. The standard InChI is InChI=1S/C7H13NO2/c1-3-4-8-5-6(2)7(9)10/h8H,2-5H2,1H3,(H,9,10). The van der Waals surface area contributed by atoms with Gasteiger partial charge in [-0.2, -0.15) is 0 Å². The first kappa shape index (κ1) is 9.17. The first-order valence-electron chi connectivity index (χ1n) is 3.30. The first-order chi connectivity index (χ1) is 4.68. The Bertz CT molecular complexity index is 132. The summed E-state index contributed by atoms with van der Waals surface area (Å²) in [4.78, 5) is 10.2. The molecular formula is C7H13NO2. The molecule has 0 fully saturated rings. The smallest absolute Gasteiger partial charge is 0.332 e. The first-order valence-corrected chi connectivity index (χ1v) is 3.30. The molecule has 0 radical (unpaired) electrons. The fourth-order valence-electron chi connectivity index (χ4n) is 0.492. The van der Waals surface area contributed by atoms with Crippen molar-refractivity contribution in [1.29, 1.82) is 0 Å². The number of hydrogen-bond donors (Lipinski definition) is 2. The minimum Gasteiger partial charge on any atom is -0.478 e. The van der Waals surface area contributed by atoms with E-state index in [2.05, 4.69) is 11.9 Å². The Labute approximate surface area is 60.7 Å². The number of carbonyl (C=O) groups is 1. The maximum atomic E-state index is 10.2. The number of hydrogen-bond acceptors (Lipinski definition) is 2. The zero-order chi connectivity index (χ0) is 7.98. The molecule has 0 aliphatic heterocycles. The van der Waals surface area contributed by atoms with Gasteiger partial charge < -0.3 is 10.4 Å². The minimum atomic E-state index is -0.927. The molecule has 0 aromatic carbocycles. The molecule has 0 aromatic rings. The van der Waals surface area contributed by atoms with Gasteiger partial charge in [0, 0.05) is 12.1 Å². The number of aliphatic carboxylic acids is 1. The van der Waals surface area contributed by atoms with Crippen LogP contribution in [0.5, 0.6) is 0 Å². The molecule has 0 aliphatic carbocycles. The molecule has 0 saturated carbocycles. The quantitative estimate of drug-likeness (QED) is 0.438. The second-order valence-corrected chi connectivity index (χ2v) is 2.09. The summed E-state index contributed by atoms with van der Waals surface area (Å²) < 4.78 is 0. The Hall–Kier alpha value is -0.830. The second-order valence-electron chi connectivity index (χ2n) is 2.09. The SMILES string of the molecule is C=C(CNCCC)C(=O)O. The third kappa shape index (κ3) is 4.09. The molecule has 2 N–H and O–H groups in total. The Morgan fingerprint density at radius 3 is 2.70 bits per heavy atom. The Morgan fingerprint density at radius 2 is 2.30 bits per heavy atom. The molecule has 0 atom stereocenters. The van der Waals surface area contributed by atoms with Crippen LogP contribution in [0.25, 0.3) is 0 Å². The lowest BCUT2D eigenvalue weighted by atomic mass is 10.3. The van der Waals surface area contributed by atoms with Crippen molar-refractivity contribution in [1.82, 2.24) is 5.32 Å². The number of carboxylic acids is 1. The molecule has 0 aromatic heterocycles. The van der Waals surface area contributed by atoms with Gasteiger partial charge in [0.05, 0.1) is 0 Å². The van der Waals surface area contributed by atoms with E-state index in [9.17, 15) is 4.79 Å². The van der Waals surface area contributed by atoms with Crippen LogP contribution in [0.3, 0.4) is 0 Å². The van der Waals surface area contributed by atoms with Crippen molar-refractivity contribution in [2.45, 2.75) is 13.3 Å². The molecule has 0 heterocycles. The third-order valence-corrected chi connectivity index (χ3v) is 1.07. The Morgan fingerprint density at radius 1 is 1.70 bits per heavy atom. The van der Waals surface area contributed by atoms with E-state index in [0.717, 1.165) is 13.0 Å². The van der Waals surface area contributed by atoms with Crippen LogP contribution in [0, 0.1) is 0 Å². The van der Waals surface area contributed by atoms with Gasteiger partial charge in [0.25, 0.3) is 0 Å². The lowest BCUT2D eigenvalue weighted by Crippen LogP contribution is -2.20. The monoisotopic (exact) mass is 143 g/mol. The molecule has 0 rings (SSSR count). The highest BCUT2D eigenvalue weighted by Gasteiger charge is 2.00. The van der Waals surface area contributed by atoms with E-state index >= 15 is 0 Å². The molecule has 0 unspecified atom stereocenters. The predicted molar refractivity (Wildman–Crippen MR) is 39.9 cm³/mol. The predicted octanol–water partition coefficient (Wildman–Crippen LogP) is 0.627. The molecule has 3 heteroatoms. The van der Waals surface area contributed by atoms with Crippen LogP contribution in [0.1, 0.15) is 13.3 Å². The highest BCUT2D eigenvalue weighted by Crippen LogP contribution is 1.85. The number of rotatable bonds is 5. The van der Waals surface area contributed by atoms with E-state index in [1.54, 1.807) is 0 Å². The fraction of sp³-hybridized carbons (Fsp3) is 0.571. The van der Waals surface area contributed by atoms with Crippen molar-refractivity contribution < 1.29 is 9.90 Å². The minimum absolute atomic E-state index is 0.216. The average Bonchev–Trinajstić information content (AvgIpc) is 1.88. The maximum Gasteiger partial charge on any atom is 0.332 e. The van der Waals surface area contributed by atoms with Crippen molar-refractivity contribution in [3.8, 4) is 0 Å². The van der Waals surface area contributed by atoms with Crippen molar-refractivity contribution in [2.24, 2.45) is 0 Å². The van der Waals surface area contributed by atoms with E-state index in [-0.39, 0.29) is 5.57 Å². The normalized spacial score (nSPS) is 9.30. The van der Waals surface area contributed by atoms with Gasteiger partial charge >= 0.3 is 5.97 Å². The highest BCUT2D eigenvalue weighted by atomic mass is 16.4. The summed E-state index contributed by atoms with van der Waals surface area (Å²) in [6, 6.07) is 0. The summed E-state index contributed by atoms with van der Waals surface area (Å²) in [5, 5.41) is 11.3. The van der Waals surface area contributed by atoms with Gasteiger partial charge in [-0.1, -0.05) is 13.5 Å². The molecule has 0 aliphatic rings. The summed E-state index contributed by atoms with van der Waals surface area (Å²) in [5.74, 6) is -0.927. The van der Waals surface area contributed by atoms with Gasteiger partial charge in [-0.15, -0.1) is 0 Å². The van der Waals surface area contributed by atoms with Crippen LogP contribution < -0.4 is 5.32 Å². The van der Waals surface area contributed by atoms with Crippen LogP contribution in [0.15, 0.2) is 12.2 Å². The van der Waals surface area contributed by atoms with Gasteiger partial charge in [0.2, 0.25) is 0 Å². The van der Waals surface area contributed by atoms with Crippen LogP contribution in [-0.4, -0.2) is 24.2 Å². The van der Waals surface area contributed by atoms with Gasteiger partial charge in [0.1, 0.15) is 0 Å². The highest BCUT2D eigenvalue weighted by molar-refractivity contribution is 5.86. The van der Waals surface area contributed by atoms with Crippen LogP contribution in [-0.2, 0) is 4.79 Å². The molecule has 10 heavy (non-hydrogen) atoms. The van der Waals surface area contributed by atoms with E-state index in [4.69, 9.17) is 5.11 Å². The van der Waals surface area contributed by atoms with Crippen molar-refractivity contribution in [3.05, 3.63) is 12.2 Å². The number of nitrogens with one attached hydrogen (secondary N) is 1. The lowest BCUT2D eigenvalue weighted by Gasteiger charge is -2.00. The van der Waals surface area contributed by atoms with Crippen LogP contribution >= 0.6 is 0 Å². The Balaban J connectivity index is 3.31. The fourth-order valence-corrected chi connectivity index (χ4v) is 0.492. The zero-order valence-electron chi connectivity index (χ0n) is 6.18. The summed E-state index contributed by atoms with van der Waals surface area (Å²) in [5.41, 5.74) is 0.216. The average molecular weight is 143 g/mol. The molecule has 0 bridgehead atoms. The lowest BCUT2D eigenvalue weighted by molar-refractivity contribution is -0.132. The third-order valence-electron chi connectivity index (χ3n) is 1.07. The molecule has 58 valence electrons. The topological polar surface area (TPSA) is 49.3 Å². The Kier molecular flexibility index (Phi) is 4.58. The van der Waals surface area contributed by atoms with Gasteiger partial charge in [-0.05, 0) is 13.0 Å². The van der Waals surface area contributed by atoms with Gasteiger partial charge in [-0.25, -0.2) is 4.79 Å². The second kappa shape index (κ2) is 4.99. The van der Waals surface area contributed by atoms with Crippen molar-refractivity contribution in [3.63, 3.8) is 0 Å². The maximum absolute atomic E-state index is 10.2. The van der Waals surface area contributed by atoms with E-state index in [1.807, 2.05) is 6.92 Å².